The lowest BCUT2D eigenvalue weighted by Gasteiger charge is -2.16. The second kappa shape index (κ2) is 6.46. The van der Waals surface area contributed by atoms with Crippen LogP contribution in [0.3, 0.4) is 0 Å². The molecule has 0 saturated carbocycles. The van der Waals surface area contributed by atoms with E-state index < -0.39 is 0 Å². The predicted octanol–water partition coefficient (Wildman–Crippen LogP) is 3.01. The van der Waals surface area contributed by atoms with Crippen LogP contribution in [0.5, 0.6) is 0 Å². The highest BCUT2D eigenvalue weighted by atomic mass is 35.5. The van der Waals surface area contributed by atoms with Gasteiger partial charge in [-0.05, 0) is 24.5 Å². The molecular formula is C9H16ClNS. The number of nitrogens with zero attached hydrogens (tertiary/aromatic N) is 1. The number of rotatable bonds is 4. The van der Waals surface area contributed by atoms with Crippen LogP contribution in [0, 0.1) is 0 Å². The van der Waals surface area contributed by atoms with Gasteiger partial charge >= 0.3 is 0 Å². The van der Waals surface area contributed by atoms with Gasteiger partial charge in [0.25, 0.3) is 0 Å². The Labute approximate surface area is 84.8 Å². The number of hydrogen-bond acceptors (Lipinski definition) is 2. The largest absolute Gasteiger partial charge is 0.299 e. The van der Waals surface area contributed by atoms with Crippen molar-refractivity contribution < 1.29 is 0 Å². The first-order valence-electron chi connectivity index (χ1n) is 4.11. The van der Waals surface area contributed by atoms with Crippen molar-refractivity contribution in [3.05, 3.63) is 22.4 Å². The highest BCUT2D eigenvalue weighted by molar-refractivity contribution is 7.09. The van der Waals surface area contributed by atoms with E-state index in [1.165, 1.54) is 4.88 Å². The van der Waals surface area contributed by atoms with Gasteiger partial charge in [0.15, 0.2) is 0 Å². The molecule has 0 aliphatic rings. The number of hydrogen-bond donors (Lipinski definition) is 0. The van der Waals surface area contributed by atoms with Gasteiger partial charge in [0.05, 0.1) is 0 Å². The Morgan fingerprint density at radius 2 is 2.00 bits per heavy atom. The zero-order valence-electron chi connectivity index (χ0n) is 7.62. The van der Waals surface area contributed by atoms with Gasteiger partial charge in [0.1, 0.15) is 0 Å². The fraction of sp³-hybridized carbons (Fsp3) is 0.556. The summed E-state index contributed by atoms with van der Waals surface area (Å²) in [7, 11) is 0. The summed E-state index contributed by atoms with van der Waals surface area (Å²) in [4.78, 5) is 3.89. The molecule has 0 unspecified atom stereocenters. The van der Waals surface area contributed by atoms with Crippen LogP contribution in [-0.2, 0) is 6.54 Å². The van der Waals surface area contributed by atoms with Gasteiger partial charge in [-0.1, -0.05) is 19.9 Å². The van der Waals surface area contributed by atoms with Gasteiger partial charge in [-0.25, -0.2) is 0 Å². The molecule has 3 heteroatoms. The molecule has 1 aromatic heterocycles. The quantitative estimate of drug-likeness (QED) is 0.731. The van der Waals surface area contributed by atoms with Crippen LogP contribution in [0.1, 0.15) is 18.7 Å². The van der Waals surface area contributed by atoms with Crippen LogP contribution < -0.4 is 0 Å². The van der Waals surface area contributed by atoms with Crippen LogP contribution in [0.15, 0.2) is 17.5 Å². The Morgan fingerprint density at radius 3 is 2.42 bits per heavy atom. The number of thiophene rings is 1. The molecule has 0 atom stereocenters. The van der Waals surface area contributed by atoms with E-state index in [4.69, 9.17) is 0 Å². The van der Waals surface area contributed by atoms with Crippen LogP contribution in [-0.4, -0.2) is 18.0 Å². The molecule has 0 N–H and O–H groups in total. The maximum atomic E-state index is 2.42. The normalized spacial score (nSPS) is 9.92. The minimum Gasteiger partial charge on any atom is -0.299 e. The van der Waals surface area contributed by atoms with E-state index >= 15 is 0 Å². The fourth-order valence-electron chi connectivity index (χ4n) is 1.07. The Morgan fingerprint density at radius 1 is 1.33 bits per heavy atom. The summed E-state index contributed by atoms with van der Waals surface area (Å²) in [5.41, 5.74) is 0. The molecule has 12 heavy (non-hydrogen) atoms. The molecule has 1 nitrogen and oxygen atoms in total. The molecule has 0 aromatic carbocycles. The molecule has 0 amide bonds. The molecular weight excluding hydrogens is 190 g/mol. The lowest BCUT2D eigenvalue weighted by Crippen LogP contribution is -2.21. The van der Waals surface area contributed by atoms with E-state index in [0.29, 0.717) is 0 Å². The molecule has 1 aromatic rings. The van der Waals surface area contributed by atoms with Crippen molar-refractivity contribution in [3.63, 3.8) is 0 Å². The van der Waals surface area contributed by atoms with E-state index in [1.54, 1.807) is 0 Å². The van der Waals surface area contributed by atoms with Gasteiger partial charge in [0.2, 0.25) is 0 Å². The second-order valence-corrected chi connectivity index (χ2v) is 3.57. The van der Waals surface area contributed by atoms with Gasteiger partial charge in [-0.15, -0.1) is 23.7 Å². The second-order valence-electron chi connectivity index (χ2n) is 2.54. The van der Waals surface area contributed by atoms with Crippen LogP contribution in [0.25, 0.3) is 0 Å². The van der Waals surface area contributed by atoms with E-state index in [9.17, 15) is 0 Å². The standard InChI is InChI=1S/C9H15NS.ClH/c1-3-10(4-2)8-9-6-5-7-11-9;/h5-7H,3-4,8H2,1-2H3;1H. The van der Waals surface area contributed by atoms with Crippen molar-refractivity contribution in [1.29, 1.82) is 0 Å². The summed E-state index contributed by atoms with van der Waals surface area (Å²) in [6.07, 6.45) is 0. The first kappa shape index (κ1) is 11.9. The van der Waals surface area contributed by atoms with Gasteiger partial charge in [-0.3, -0.25) is 4.90 Å². The average Bonchev–Trinajstić information content (AvgIpc) is 2.52. The van der Waals surface area contributed by atoms with Gasteiger partial charge in [-0.2, -0.15) is 0 Å². The molecule has 0 saturated heterocycles. The Kier molecular flexibility index (Phi) is 6.44. The summed E-state index contributed by atoms with van der Waals surface area (Å²) in [5.74, 6) is 0. The fourth-order valence-corrected chi connectivity index (χ4v) is 1.82. The Hall–Kier alpha value is -0.0500. The highest BCUT2D eigenvalue weighted by Gasteiger charge is 1.99. The van der Waals surface area contributed by atoms with Crippen molar-refractivity contribution in [3.8, 4) is 0 Å². The smallest absolute Gasteiger partial charge is 0.0327 e. The molecule has 0 bridgehead atoms. The van der Waals surface area contributed by atoms with Gasteiger partial charge < -0.3 is 0 Å². The molecule has 1 rings (SSSR count). The van der Waals surface area contributed by atoms with E-state index in [-0.39, 0.29) is 12.4 Å². The molecule has 70 valence electrons. The molecule has 0 aliphatic heterocycles. The third-order valence-electron chi connectivity index (χ3n) is 1.85. The van der Waals surface area contributed by atoms with E-state index in [0.717, 1.165) is 19.6 Å². The average molecular weight is 206 g/mol. The lowest BCUT2D eigenvalue weighted by atomic mass is 10.4. The van der Waals surface area contributed by atoms with Crippen molar-refractivity contribution in [2.24, 2.45) is 0 Å². The summed E-state index contributed by atoms with van der Waals surface area (Å²) in [6, 6.07) is 4.31. The topological polar surface area (TPSA) is 3.24 Å². The minimum absolute atomic E-state index is 0. The Bertz CT molecular complexity index is 182. The summed E-state index contributed by atoms with van der Waals surface area (Å²) < 4.78 is 0. The molecule has 0 radical (unpaired) electrons. The monoisotopic (exact) mass is 205 g/mol. The van der Waals surface area contributed by atoms with Crippen LogP contribution in [0.4, 0.5) is 0 Å². The molecule has 1 heterocycles. The van der Waals surface area contributed by atoms with E-state index in [2.05, 4.69) is 36.3 Å². The first-order chi connectivity index (χ1) is 5.36. The third-order valence-corrected chi connectivity index (χ3v) is 2.72. The minimum atomic E-state index is 0. The predicted molar refractivity (Wildman–Crippen MR) is 58.2 cm³/mol. The van der Waals surface area contributed by atoms with Gasteiger partial charge in [0, 0.05) is 11.4 Å². The maximum absolute atomic E-state index is 2.42. The molecule has 0 fully saturated rings. The third kappa shape index (κ3) is 3.57. The molecule has 0 aliphatic carbocycles. The van der Waals surface area contributed by atoms with Crippen LogP contribution >= 0.6 is 23.7 Å². The Balaban J connectivity index is 0.00000121. The molecule has 0 spiro atoms. The van der Waals surface area contributed by atoms with Crippen molar-refractivity contribution >= 4 is 23.7 Å². The van der Waals surface area contributed by atoms with E-state index in [1.807, 2.05) is 11.3 Å². The van der Waals surface area contributed by atoms with Crippen LogP contribution in [0.2, 0.25) is 0 Å². The van der Waals surface area contributed by atoms with Crippen molar-refractivity contribution in [2.45, 2.75) is 20.4 Å². The SMILES string of the molecule is CCN(CC)Cc1cccs1.Cl. The van der Waals surface area contributed by atoms with Crippen molar-refractivity contribution in [2.75, 3.05) is 13.1 Å². The highest BCUT2D eigenvalue weighted by Crippen LogP contribution is 2.10. The summed E-state index contributed by atoms with van der Waals surface area (Å²) >= 11 is 1.84. The zero-order valence-corrected chi connectivity index (χ0v) is 9.25. The maximum Gasteiger partial charge on any atom is 0.0327 e. The summed E-state index contributed by atoms with van der Waals surface area (Å²) in [5, 5.41) is 2.14. The lowest BCUT2D eigenvalue weighted by molar-refractivity contribution is 0.298. The van der Waals surface area contributed by atoms with Crippen molar-refractivity contribution in [1.82, 2.24) is 4.90 Å². The summed E-state index contributed by atoms with van der Waals surface area (Å²) in [6.45, 7) is 7.82. The zero-order chi connectivity index (χ0) is 8.10. The number of halogens is 1. The first-order valence-corrected chi connectivity index (χ1v) is 4.99.